The molecule has 0 bridgehead atoms. The van der Waals surface area contributed by atoms with Gasteiger partial charge in [-0.2, -0.15) is 0 Å². The van der Waals surface area contributed by atoms with Crippen LogP contribution in [0, 0.1) is 0 Å². The molecule has 0 radical (unpaired) electrons. The molecule has 0 unspecified atom stereocenters. The van der Waals surface area contributed by atoms with E-state index in [-0.39, 0.29) is 8.96 Å². The molecule has 0 N–H and O–H groups in total. The highest BCUT2D eigenvalue weighted by Gasteiger charge is 2.20. The normalized spacial score (nSPS) is 11.4. The van der Waals surface area contributed by atoms with Gasteiger partial charge in [0.15, 0.2) is 0 Å². The van der Waals surface area contributed by atoms with Gasteiger partial charge in [-0.15, -0.1) is 0 Å². The Morgan fingerprint density at radius 2 is 0.955 bits per heavy atom. The summed E-state index contributed by atoms with van der Waals surface area (Å²) in [5.74, 6) is -0.659. The SMILES string of the molecule is O=C(Oc1ccccc1)/C(Br)=C(/Br)C(=O)Oc1ccccc1. The summed E-state index contributed by atoms with van der Waals surface area (Å²) < 4.78 is 10.1. The minimum absolute atomic E-state index is 0.0581. The van der Waals surface area contributed by atoms with E-state index >= 15 is 0 Å². The Morgan fingerprint density at radius 1 is 0.636 bits per heavy atom. The van der Waals surface area contributed by atoms with Gasteiger partial charge in [0.2, 0.25) is 0 Å². The Kier molecular flexibility index (Phi) is 5.91. The Hall–Kier alpha value is -1.92. The molecule has 22 heavy (non-hydrogen) atoms. The lowest BCUT2D eigenvalue weighted by molar-refractivity contribution is -0.132. The molecule has 0 fully saturated rings. The molecule has 0 saturated carbocycles. The van der Waals surface area contributed by atoms with Crippen molar-refractivity contribution in [2.75, 3.05) is 0 Å². The van der Waals surface area contributed by atoms with Gasteiger partial charge in [-0.25, -0.2) is 9.59 Å². The lowest BCUT2D eigenvalue weighted by atomic mass is 10.3. The Labute approximate surface area is 144 Å². The highest BCUT2D eigenvalue weighted by molar-refractivity contribution is 9.14. The molecular formula is C16H10Br2O4. The molecular weight excluding hydrogens is 416 g/mol. The first-order valence-electron chi connectivity index (χ1n) is 6.17. The van der Waals surface area contributed by atoms with Crippen LogP contribution in [0.2, 0.25) is 0 Å². The zero-order valence-electron chi connectivity index (χ0n) is 11.2. The smallest absolute Gasteiger partial charge is 0.352 e. The zero-order chi connectivity index (χ0) is 15.9. The first-order valence-corrected chi connectivity index (χ1v) is 7.76. The number of para-hydroxylation sites is 2. The van der Waals surface area contributed by atoms with Gasteiger partial charge < -0.3 is 9.47 Å². The van der Waals surface area contributed by atoms with Crippen LogP contribution in [0.5, 0.6) is 11.5 Å². The minimum Gasteiger partial charge on any atom is -0.423 e. The number of hydrogen-bond donors (Lipinski definition) is 0. The third kappa shape index (κ3) is 4.54. The molecule has 0 aromatic heterocycles. The van der Waals surface area contributed by atoms with Crippen LogP contribution in [0.15, 0.2) is 69.6 Å². The molecule has 4 nitrogen and oxygen atoms in total. The van der Waals surface area contributed by atoms with Gasteiger partial charge in [0.1, 0.15) is 20.5 Å². The molecule has 0 amide bonds. The predicted molar refractivity (Wildman–Crippen MR) is 89.0 cm³/mol. The standard InChI is InChI=1S/C16H10Br2O4/c17-13(15(19)21-11-7-3-1-4-8-11)14(18)16(20)22-12-9-5-2-6-10-12/h1-10H/b14-13-. The van der Waals surface area contributed by atoms with Crippen molar-refractivity contribution in [3.63, 3.8) is 0 Å². The van der Waals surface area contributed by atoms with E-state index in [0.29, 0.717) is 11.5 Å². The molecule has 0 spiro atoms. The molecule has 0 heterocycles. The number of hydrogen-bond acceptors (Lipinski definition) is 4. The molecule has 2 rings (SSSR count). The first-order chi connectivity index (χ1) is 10.6. The monoisotopic (exact) mass is 424 g/mol. The van der Waals surface area contributed by atoms with Crippen LogP contribution < -0.4 is 9.47 Å². The zero-order valence-corrected chi connectivity index (χ0v) is 14.3. The topological polar surface area (TPSA) is 52.6 Å². The quantitative estimate of drug-likeness (QED) is 0.418. The van der Waals surface area contributed by atoms with E-state index in [9.17, 15) is 9.59 Å². The van der Waals surface area contributed by atoms with E-state index in [0.717, 1.165) is 0 Å². The number of ether oxygens (including phenoxy) is 2. The van der Waals surface area contributed by atoms with Crippen LogP contribution in [0.1, 0.15) is 0 Å². The second-order valence-electron chi connectivity index (χ2n) is 4.03. The molecule has 0 aliphatic rings. The molecule has 0 aliphatic heterocycles. The van der Waals surface area contributed by atoms with Crippen molar-refractivity contribution in [1.82, 2.24) is 0 Å². The second-order valence-corrected chi connectivity index (χ2v) is 5.62. The van der Waals surface area contributed by atoms with E-state index in [1.807, 2.05) is 0 Å². The largest absolute Gasteiger partial charge is 0.423 e. The molecule has 0 saturated heterocycles. The third-order valence-electron chi connectivity index (χ3n) is 2.46. The van der Waals surface area contributed by atoms with Gasteiger partial charge in [-0.3, -0.25) is 0 Å². The predicted octanol–water partition coefficient (Wildman–Crippen LogP) is 4.20. The number of carbonyl (C=O) groups excluding carboxylic acids is 2. The van der Waals surface area contributed by atoms with Crippen molar-refractivity contribution in [3.05, 3.63) is 69.6 Å². The van der Waals surface area contributed by atoms with Gasteiger partial charge in [-0.05, 0) is 56.1 Å². The summed E-state index contributed by atoms with van der Waals surface area (Å²) in [7, 11) is 0. The molecule has 2 aromatic carbocycles. The fourth-order valence-electron chi connectivity index (χ4n) is 1.46. The van der Waals surface area contributed by atoms with E-state index in [1.165, 1.54) is 0 Å². The maximum Gasteiger partial charge on any atom is 0.352 e. The highest BCUT2D eigenvalue weighted by Crippen LogP contribution is 2.23. The minimum atomic E-state index is -0.705. The number of rotatable bonds is 4. The van der Waals surface area contributed by atoms with Crippen LogP contribution in [0.4, 0.5) is 0 Å². The Balaban J connectivity index is 2.07. The van der Waals surface area contributed by atoms with Crippen molar-refractivity contribution in [2.24, 2.45) is 0 Å². The van der Waals surface area contributed by atoms with Gasteiger partial charge in [0.25, 0.3) is 0 Å². The molecule has 0 aliphatic carbocycles. The number of carbonyl (C=O) groups is 2. The van der Waals surface area contributed by atoms with Gasteiger partial charge in [0.05, 0.1) is 0 Å². The maximum absolute atomic E-state index is 11.9. The molecule has 0 atom stereocenters. The van der Waals surface area contributed by atoms with Gasteiger partial charge in [0, 0.05) is 0 Å². The van der Waals surface area contributed by atoms with E-state index < -0.39 is 11.9 Å². The van der Waals surface area contributed by atoms with Crippen molar-refractivity contribution >= 4 is 43.8 Å². The van der Waals surface area contributed by atoms with E-state index in [2.05, 4.69) is 31.9 Å². The molecule has 2 aromatic rings. The van der Waals surface area contributed by atoms with Crippen molar-refractivity contribution in [2.45, 2.75) is 0 Å². The third-order valence-corrected chi connectivity index (χ3v) is 4.43. The summed E-state index contributed by atoms with van der Waals surface area (Å²) in [6, 6.07) is 17.1. The lowest BCUT2D eigenvalue weighted by Crippen LogP contribution is -2.14. The van der Waals surface area contributed by atoms with Crippen LogP contribution in [0.3, 0.4) is 0 Å². The lowest BCUT2D eigenvalue weighted by Gasteiger charge is -2.06. The number of esters is 2. The maximum atomic E-state index is 11.9. The molecule has 6 heteroatoms. The molecule has 112 valence electrons. The summed E-state index contributed by atoms with van der Waals surface area (Å²) in [4.78, 5) is 23.9. The number of benzene rings is 2. The summed E-state index contributed by atoms with van der Waals surface area (Å²) in [6.07, 6.45) is 0. The fourth-order valence-corrected chi connectivity index (χ4v) is 1.95. The van der Waals surface area contributed by atoms with Crippen molar-refractivity contribution in [1.29, 1.82) is 0 Å². The van der Waals surface area contributed by atoms with Gasteiger partial charge >= 0.3 is 11.9 Å². The summed E-state index contributed by atoms with van der Waals surface area (Å²) >= 11 is 6.08. The summed E-state index contributed by atoms with van der Waals surface area (Å²) in [5.41, 5.74) is 0. The average molecular weight is 426 g/mol. The van der Waals surface area contributed by atoms with Crippen LogP contribution >= 0.6 is 31.9 Å². The van der Waals surface area contributed by atoms with E-state index in [4.69, 9.17) is 9.47 Å². The van der Waals surface area contributed by atoms with Crippen LogP contribution in [0.25, 0.3) is 0 Å². The number of halogens is 2. The Bertz CT molecular complexity index is 635. The van der Waals surface area contributed by atoms with Crippen LogP contribution in [-0.4, -0.2) is 11.9 Å². The summed E-state index contributed by atoms with van der Waals surface area (Å²) in [6.45, 7) is 0. The second kappa shape index (κ2) is 7.91. The summed E-state index contributed by atoms with van der Waals surface area (Å²) in [5, 5.41) is 0. The highest BCUT2D eigenvalue weighted by atomic mass is 79.9. The Morgan fingerprint density at radius 3 is 1.27 bits per heavy atom. The fraction of sp³-hybridized carbons (Fsp3) is 0. The van der Waals surface area contributed by atoms with E-state index in [1.54, 1.807) is 60.7 Å². The van der Waals surface area contributed by atoms with Gasteiger partial charge in [-0.1, -0.05) is 36.4 Å². The average Bonchev–Trinajstić information content (AvgIpc) is 2.55. The van der Waals surface area contributed by atoms with Crippen molar-refractivity contribution in [3.8, 4) is 11.5 Å². The first kappa shape index (κ1) is 16.5. The van der Waals surface area contributed by atoms with Crippen molar-refractivity contribution < 1.29 is 19.1 Å². The van der Waals surface area contributed by atoms with Crippen LogP contribution in [-0.2, 0) is 9.59 Å².